The number of para-hydroxylation sites is 2. The van der Waals surface area contributed by atoms with Crippen LogP contribution in [0.4, 0.5) is 5.95 Å². The van der Waals surface area contributed by atoms with E-state index in [1.165, 1.54) is 0 Å². The van der Waals surface area contributed by atoms with Crippen LogP contribution in [0, 0.1) is 0 Å². The van der Waals surface area contributed by atoms with E-state index in [1.54, 1.807) is 7.11 Å². The molecule has 0 unspecified atom stereocenters. The summed E-state index contributed by atoms with van der Waals surface area (Å²) >= 11 is 0. The number of hydrogen-bond acceptors (Lipinski definition) is 5. The number of anilines is 1. The number of carbonyl (C=O) groups excluding carboxylic acids is 1. The standard InChI is InChI=1S/C21H24N4O3.ClH/c1-27-15-6-4-5-14(11-15)13-25-18-8-3-2-7-17(18)23-21(25)24-20(26)19-10-9-16(12-22)28-19;/h2-8,11,16,19H,9-10,12-13,22H2,1H3,(H,23,24,26);1H/t16-,19+;/m1./s1. The van der Waals surface area contributed by atoms with E-state index in [0.29, 0.717) is 25.5 Å². The van der Waals surface area contributed by atoms with Gasteiger partial charge in [0, 0.05) is 6.54 Å². The second-order valence-corrected chi connectivity index (χ2v) is 6.91. The lowest BCUT2D eigenvalue weighted by atomic mass is 10.2. The molecule has 1 saturated heterocycles. The number of ether oxygens (including phenoxy) is 2. The highest BCUT2D eigenvalue weighted by atomic mass is 35.5. The van der Waals surface area contributed by atoms with Gasteiger partial charge in [0.2, 0.25) is 5.95 Å². The predicted octanol–water partition coefficient (Wildman–Crippen LogP) is 2.96. The Hall–Kier alpha value is -2.61. The molecule has 29 heavy (non-hydrogen) atoms. The summed E-state index contributed by atoms with van der Waals surface area (Å²) in [6.45, 7) is 0.989. The van der Waals surface area contributed by atoms with Gasteiger partial charge in [-0.2, -0.15) is 0 Å². The number of nitrogens with one attached hydrogen (secondary N) is 1. The highest BCUT2D eigenvalue weighted by Crippen LogP contribution is 2.25. The summed E-state index contributed by atoms with van der Waals surface area (Å²) in [5.74, 6) is 1.12. The lowest BCUT2D eigenvalue weighted by molar-refractivity contribution is -0.126. The van der Waals surface area contributed by atoms with E-state index in [4.69, 9.17) is 15.2 Å². The summed E-state index contributed by atoms with van der Waals surface area (Å²) in [6, 6.07) is 15.7. The van der Waals surface area contributed by atoms with Gasteiger partial charge >= 0.3 is 0 Å². The molecule has 1 fully saturated rings. The van der Waals surface area contributed by atoms with Crippen LogP contribution in [-0.2, 0) is 16.1 Å². The molecule has 3 N–H and O–H groups in total. The first-order chi connectivity index (χ1) is 13.7. The zero-order valence-corrected chi connectivity index (χ0v) is 17.0. The third-order valence-corrected chi connectivity index (χ3v) is 5.03. The number of halogens is 1. The predicted molar refractivity (Wildman–Crippen MR) is 115 cm³/mol. The van der Waals surface area contributed by atoms with Gasteiger partial charge in [0.1, 0.15) is 11.9 Å². The van der Waals surface area contributed by atoms with Crippen molar-refractivity contribution in [1.82, 2.24) is 9.55 Å². The topological polar surface area (TPSA) is 91.4 Å². The van der Waals surface area contributed by atoms with Crippen molar-refractivity contribution in [1.29, 1.82) is 0 Å². The first kappa shape index (κ1) is 21.1. The number of aromatic nitrogens is 2. The average Bonchev–Trinajstić information content (AvgIpc) is 3.34. The Bertz CT molecular complexity index is 991. The Labute approximate surface area is 175 Å². The van der Waals surface area contributed by atoms with Crippen molar-refractivity contribution in [2.24, 2.45) is 5.73 Å². The van der Waals surface area contributed by atoms with Gasteiger partial charge in [0.15, 0.2) is 0 Å². The summed E-state index contributed by atoms with van der Waals surface area (Å²) in [5, 5.41) is 2.95. The van der Waals surface area contributed by atoms with Gasteiger partial charge in [-0.25, -0.2) is 4.98 Å². The fourth-order valence-electron chi connectivity index (χ4n) is 3.55. The summed E-state index contributed by atoms with van der Waals surface area (Å²) in [7, 11) is 1.65. The van der Waals surface area contributed by atoms with Crippen LogP contribution in [0.1, 0.15) is 18.4 Å². The third kappa shape index (κ3) is 4.53. The largest absolute Gasteiger partial charge is 0.497 e. The molecular weight excluding hydrogens is 392 g/mol. The van der Waals surface area contributed by atoms with Gasteiger partial charge in [-0.1, -0.05) is 24.3 Å². The van der Waals surface area contributed by atoms with E-state index in [2.05, 4.69) is 10.3 Å². The van der Waals surface area contributed by atoms with Gasteiger partial charge in [-0.05, 0) is 42.7 Å². The van der Waals surface area contributed by atoms with Crippen molar-refractivity contribution in [3.05, 3.63) is 54.1 Å². The monoisotopic (exact) mass is 416 g/mol. The Balaban J connectivity index is 0.00000240. The average molecular weight is 417 g/mol. The zero-order valence-electron chi connectivity index (χ0n) is 16.2. The molecule has 2 atom stereocenters. The van der Waals surface area contributed by atoms with Crippen LogP contribution in [0.3, 0.4) is 0 Å². The van der Waals surface area contributed by atoms with E-state index < -0.39 is 6.10 Å². The van der Waals surface area contributed by atoms with Gasteiger partial charge in [0.25, 0.3) is 5.91 Å². The quantitative estimate of drug-likeness (QED) is 0.644. The summed E-state index contributed by atoms with van der Waals surface area (Å²) in [6.07, 6.45) is 0.934. The molecule has 1 aromatic heterocycles. The lowest BCUT2D eigenvalue weighted by Gasteiger charge is -2.14. The first-order valence-corrected chi connectivity index (χ1v) is 9.42. The lowest BCUT2D eigenvalue weighted by Crippen LogP contribution is -2.30. The molecule has 4 rings (SSSR count). The molecule has 154 valence electrons. The zero-order chi connectivity index (χ0) is 19.5. The number of amides is 1. The van der Waals surface area contributed by atoms with Crippen molar-refractivity contribution in [2.75, 3.05) is 19.0 Å². The number of rotatable bonds is 6. The molecule has 1 amide bonds. The second kappa shape index (κ2) is 9.26. The van der Waals surface area contributed by atoms with Crippen LogP contribution in [-0.4, -0.2) is 41.3 Å². The molecule has 3 aromatic rings. The van der Waals surface area contributed by atoms with E-state index >= 15 is 0 Å². The highest BCUT2D eigenvalue weighted by molar-refractivity contribution is 5.94. The van der Waals surface area contributed by atoms with E-state index in [1.807, 2.05) is 53.1 Å². The van der Waals surface area contributed by atoms with Crippen molar-refractivity contribution in [3.63, 3.8) is 0 Å². The Morgan fingerprint density at radius 2 is 2.10 bits per heavy atom. The summed E-state index contributed by atoms with van der Waals surface area (Å²) < 4.78 is 13.0. The minimum atomic E-state index is -0.487. The van der Waals surface area contributed by atoms with Gasteiger partial charge in [0.05, 0.1) is 30.8 Å². The number of benzene rings is 2. The first-order valence-electron chi connectivity index (χ1n) is 9.42. The van der Waals surface area contributed by atoms with Gasteiger partial charge < -0.3 is 19.8 Å². The van der Waals surface area contributed by atoms with Crippen LogP contribution in [0.25, 0.3) is 11.0 Å². The normalized spacial score (nSPS) is 18.4. The molecule has 8 heteroatoms. The SMILES string of the molecule is COc1cccc(Cn2c(NC(=O)[C@@H]3CC[C@H](CN)O3)nc3ccccc32)c1.Cl. The van der Waals surface area contributed by atoms with E-state index in [0.717, 1.165) is 28.8 Å². The molecule has 0 aliphatic carbocycles. The molecule has 0 spiro atoms. The summed E-state index contributed by atoms with van der Waals surface area (Å²) in [5.41, 5.74) is 8.48. The maximum atomic E-state index is 12.7. The van der Waals surface area contributed by atoms with Crippen molar-refractivity contribution < 1.29 is 14.3 Å². The van der Waals surface area contributed by atoms with E-state index in [-0.39, 0.29) is 24.4 Å². The molecule has 0 radical (unpaired) electrons. The maximum absolute atomic E-state index is 12.7. The Morgan fingerprint density at radius 1 is 1.28 bits per heavy atom. The minimum absolute atomic E-state index is 0. The van der Waals surface area contributed by atoms with Crippen LogP contribution >= 0.6 is 12.4 Å². The molecule has 0 saturated carbocycles. The number of methoxy groups -OCH3 is 1. The number of fused-ring (bicyclic) bond motifs is 1. The number of nitrogens with zero attached hydrogens (tertiary/aromatic N) is 2. The maximum Gasteiger partial charge on any atom is 0.255 e. The molecular formula is C21H25ClN4O3. The number of carbonyl (C=O) groups is 1. The van der Waals surface area contributed by atoms with Gasteiger partial charge in [-0.15, -0.1) is 12.4 Å². The number of hydrogen-bond donors (Lipinski definition) is 2. The fourth-order valence-corrected chi connectivity index (χ4v) is 3.55. The number of nitrogens with two attached hydrogens (primary N) is 1. The number of imidazole rings is 1. The van der Waals surface area contributed by atoms with Crippen molar-refractivity contribution >= 4 is 35.3 Å². The summed E-state index contributed by atoms with van der Waals surface area (Å²) in [4.78, 5) is 17.3. The minimum Gasteiger partial charge on any atom is -0.497 e. The molecule has 2 aromatic carbocycles. The Kier molecular flexibility index (Phi) is 6.74. The van der Waals surface area contributed by atoms with Crippen molar-refractivity contribution in [2.45, 2.75) is 31.6 Å². The van der Waals surface area contributed by atoms with Crippen LogP contribution in [0.2, 0.25) is 0 Å². The second-order valence-electron chi connectivity index (χ2n) is 6.91. The van der Waals surface area contributed by atoms with Crippen molar-refractivity contribution in [3.8, 4) is 5.75 Å². The molecule has 2 heterocycles. The smallest absolute Gasteiger partial charge is 0.255 e. The van der Waals surface area contributed by atoms with Gasteiger partial charge in [-0.3, -0.25) is 10.1 Å². The van der Waals surface area contributed by atoms with Crippen LogP contribution in [0.5, 0.6) is 5.75 Å². The Morgan fingerprint density at radius 3 is 2.86 bits per heavy atom. The molecule has 0 bridgehead atoms. The van der Waals surface area contributed by atoms with E-state index in [9.17, 15) is 4.79 Å². The molecule has 1 aliphatic heterocycles. The van der Waals surface area contributed by atoms with Crippen LogP contribution < -0.4 is 15.8 Å². The van der Waals surface area contributed by atoms with Crippen LogP contribution in [0.15, 0.2) is 48.5 Å². The fraction of sp³-hybridized carbons (Fsp3) is 0.333. The molecule has 1 aliphatic rings. The third-order valence-electron chi connectivity index (χ3n) is 5.03. The highest BCUT2D eigenvalue weighted by Gasteiger charge is 2.30. The molecule has 7 nitrogen and oxygen atoms in total.